The van der Waals surface area contributed by atoms with Gasteiger partial charge in [-0.05, 0) is 49.7 Å². The third-order valence-corrected chi connectivity index (χ3v) is 8.28. The van der Waals surface area contributed by atoms with Crippen LogP contribution in [0.5, 0.6) is 0 Å². The van der Waals surface area contributed by atoms with Gasteiger partial charge in [-0.25, -0.2) is 0 Å². The molecule has 0 unspecified atom stereocenters. The molecule has 4 rings (SSSR count). The number of esters is 1. The van der Waals surface area contributed by atoms with Crippen LogP contribution >= 0.6 is 0 Å². The van der Waals surface area contributed by atoms with Crippen molar-refractivity contribution in [2.24, 2.45) is 28.6 Å². The van der Waals surface area contributed by atoms with Crippen LogP contribution in [0.1, 0.15) is 52.9 Å². The van der Waals surface area contributed by atoms with Crippen molar-refractivity contribution in [2.45, 2.75) is 58.5 Å². The topological polar surface area (TPSA) is 97.7 Å². The average Bonchev–Trinajstić information content (AvgIpc) is 2.91. The highest BCUT2D eigenvalue weighted by atomic mass is 16.5. The van der Waals surface area contributed by atoms with E-state index in [1.54, 1.807) is 12.2 Å². The lowest BCUT2D eigenvalue weighted by Gasteiger charge is -2.56. The van der Waals surface area contributed by atoms with Crippen LogP contribution in [-0.2, 0) is 23.9 Å². The summed E-state index contributed by atoms with van der Waals surface area (Å²) >= 11 is 0. The van der Waals surface area contributed by atoms with E-state index in [-0.39, 0.29) is 42.2 Å². The van der Waals surface area contributed by atoms with Gasteiger partial charge in [0.25, 0.3) is 0 Å². The van der Waals surface area contributed by atoms with Crippen LogP contribution in [-0.4, -0.2) is 40.6 Å². The molecule has 0 amide bonds. The van der Waals surface area contributed by atoms with Gasteiger partial charge in [0.1, 0.15) is 11.4 Å². The third kappa shape index (κ3) is 2.71. The van der Waals surface area contributed by atoms with Gasteiger partial charge in [-0.2, -0.15) is 0 Å². The molecule has 3 saturated carbocycles. The zero-order valence-electron chi connectivity index (χ0n) is 17.2. The van der Waals surface area contributed by atoms with Crippen molar-refractivity contribution < 1.29 is 29.0 Å². The van der Waals surface area contributed by atoms with Gasteiger partial charge in [0.2, 0.25) is 5.78 Å². The van der Waals surface area contributed by atoms with Crippen LogP contribution in [0.15, 0.2) is 23.8 Å². The Kier molecular flexibility index (Phi) is 4.50. The van der Waals surface area contributed by atoms with Gasteiger partial charge < -0.3 is 9.84 Å². The molecule has 3 fully saturated rings. The number of hydrogen-bond acceptors (Lipinski definition) is 6. The predicted octanol–water partition coefficient (Wildman–Crippen LogP) is 2.34. The van der Waals surface area contributed by atoms with Crippen LogP contribution in [0.4, 0.5) is 0 Å². The number of rotatable bonds is 3. The van der Waals surface area contributed by atoms with Gasteiger partial charge in [0.15, 0.2) is 12.4 Å². The Hall–Kier alpha value is -2.08. The van der Waals surface area contributed by atoms with Crippen LogP contribution in [0.3, 0.4) is 0 Å². The molecular formula is C23H28O6. The Morgan fingerprint density at radius 3 is 2.66 bits per heavy atom. The Morgan fingerprint density at radius 2 is 1.97 bits per heavy atom. The standard InChI is InChI=1S/C23H28O6/c1-13(24)29-12-19(27)23(28)9-7-17-16-5-4-14-10-15(25)6-8-21(14,2)20(16)18(26)11-22(17,23)3/h6,8,10,16-17,20,28H,4-5,7,9,11-12H2,1-3H3/t16-,17-,20+,21-,22-,23-/m1/s1. The minimum Gasteiger partial charge on any atom is -0.458 e. The van der Waals surface area contributed by atoms with Crippen molar-refractivity contribution in [3.05, 3.63) is 23.8 Å². The highest BCUT2D eigenvalue weighted by Crippen LogP contribution is 2.66. The first-order chi connectivity index (χ1) is 13.5. The SMILES string of the molecule is CC(=O)OCC(=O)[C@]1(O)CC[C@@H]2[C@H]3CCC4=CC(=O)C=C[C@@]4(C)[C@@H]3C(=O)C[C@]21C. The van der Waals surface area contributed by atoms with Crippen LogP contribution in [0.25, 0.3) is 0 Å². The van der Waals surface area contributed by atoms with Crippen LogP contribution in [0.2, 0.25) is 0 Å². The molecule has 0 aromatic rings. The largest absolute Gasteiger partial charge is 0.458 e. The van der Waals surface area contributed by atoms with Crippen molar-refractivity contribution in [3.8, 4) is 0 Å². The van der Waals surface area contributed by atoms with E-state index in [9.17, 15) is 24.3 Å². The molecule has 0 aromatic carbocycles. The van der Waals surface area contributed by atoms with Gasteiger partial charge >= 0.3 is 5.97 Å². The summed E-state index contributed by atoms with van der Waals surface area (Å²) < 4.78 is 4.85. The van der Waals surface area contributed by atoms with E-state index >= 15 is 0 Å². The summed E-state index contributed by atoms with van der Waals surface area (Å²) in [6, 6.07) is 0. The molecule has 156 valence electrons. The molecule has 1 N–H and O–H groups in total. The number of carbonyl (C=O) groups is 4. The molecule has 0 radical (unpaired) electrons. The van der Waals surface area contributed by atoms with E-state index in [2.05, 4.69) is 0 Å². The second kappa shape index (κ2) is 6.46. The molecule has 0 heterocycles. The van der Waals surface area contributed by atoms with E-state index in [0.29, 0.717) is 6.42 Å². The maximum Gasteiger partial charge on any atom is 0.303 e. The third-order valence-electron chi connectivity index (χ3n) is 8.28. The fourth-order valence-electron chi connectivity index (χ4n) is 6.78. The number of carbonyl (C=O) groups excluding carboxylic acids is 4. The Morgan fingerprint density at radius 1 is 1.24 bits per heavy atom. The molecule has 4 aliphatic rings. The highest BCUT2D eigenvalue weighted by Gasteiger charge is 2.68. The van der Waals surface area contributed by atoms with Crippen molar-refractivity contribution in [1.82, 2.24) is 0 Å². The van der Waals surface area contributed by atoms with Gasteiger partial charge in [-0.3, -0.25) is 19.2 Å². The number of ether oxygens (including phenoxy) is 1. The molecule has 6 nitrogen and oxygen atoms in total. The zero-order chi connectivity index (χ0) is 21.2. The lowest BCUT2D eigenvalue weighted by molar-refractivity contribution is -0.172. The smallest absolute Gasteiger partial charge is 0.303 e. The summed E-state index contributed by atoms with van der Waals surface area (Å²) in [5, 5.41) is 11.4. The zero-order valence-corrected chi connectivity index (χ0v) is 17.2. The second-order valence-electron chi connectivity index (χ2n) is 9.64. The summed E-state index contributed by atoms with van der Waals surface area (Å²) in [7, 11) is 0. The number of allylic oxidation sites excluding steroid dienone is 4. The Balaban J connectivity index is 1.67. The monoisotopic (exact) mass is 400 g/mol. The Bertz CT molecular complexity index is 869. The van der Waals surface area contributed by atoms with E-state index in [1.807, 2.05) is 19.9 Å². The molecule has 29 heavy (non-hydrogen) atoms. The van der Waals surface area contributed by atoms with Crippen molar-refractivity contribution in [3.63, 3.8) is 0 Å². The first kappa shape index (κ1) is 20.2. The van der Waals surface area contributed by atoms with Crippen LogP contribution in [0, 0.1) is 28.6 Å². The first-order valence-electron chi connectivity index (χ1n) is 10.4. The molecule has 6 atom stereocenters. The molecule has 6 heteroatoms. The highest BCUT2D eigenvalue weighted by molar-refractivity contribution is 6.02. The second-order valence-corrected chi connectivity index (χ2v) is 9.64. The summed E-state index contributed by atoms with van der Waals surface area (Å²) in [6.45, 7) is 4.64. The predicted molar refractivity (Wildman–Crippen MR) is 104 cm³/mol. The van der Waals surface area contributed by atoms with Crippen LogP contribution < -0.4 is 0 Å². The van der Waals surface area contributed by atoms with Crippen molar-refractivity contribution >= 4 is 23.3 Å². The van der Waals surface area contributed by atoms with E-state index in [0.717, 1.165) is 18.4 Å². The Labute approximate surface area is 170 Å². The van der Waals surface area contributed by atoms with Gasteiger partial charge in [0, 0.05) is 30.1 Å². The van der Waals surface area contributed by atoms with Gasteiger partial charge in [0.05, 0.1) is 0 Å². The maximum atomic E-state index is 13.4. The summed E-state index contributed by atoms with van der Waals surface area (Å²) in [6.07, 6.45) is 7.68. The maximum absolute atomic E-state index is 13.4. The summed E-state index contributed by atoms with van der Waals surface area (Å²) in [4.78, 5) is 49.2. The summed E-state index contributed by atoms with van der Waals surface area (Å²) in [5.74, 6) is -1.24. The number of aliphatic hydroxyl groups is 1. The van der Waals surface area contributed by atoms with E-state index in [1.165, 1.54) is 6.92 Å². The summed E-state index contributed by atoms with van der Waals surface area (Å²) in [5.41, 5.74) is -1.99. The molecule has 0 spiro atoms. The first-order valence-corrected chi connectivity index (χ1v) is 10.4. The number of fused-ring (bicyclic) bond motifs is 5. The minimum atomic E-state index is -1.66. The number of hydrogen-bond donors (Lipinski definition) is 1. The molecule has 0 aliphatic heterocycles. The molecular weight excluding hydrogens is 372 g/mol. The van der Waals surface area contributed by atoms with E-state index < -0.39 is 34.8 Å². The lowest BCUT2D eigenvalue weighted by Crippen LogP contribution is -2.60. The van der Waals surface area contributed by atoms with Gasteiger partial charge in [-0.1, -0.05) is 25.5 Å². The van der Waals surface area contributed by atoms with E-state index in [4.69, 9.17) is 4.74 Å². The molecule has 0 saturated heterocycles. The molecule has 0 bridgehead atoms. The fraction of sp³-hybridized carbons (Fsp3) is 0.652. The van der Waals surface area contributed by atoms with Crippen molar-refractivity contribution in [1.29, 1.82) is 0 Å². The average molecular weight is 400 g/mol. The normalized spacial score (nSPS) is 43.2. The quantitative estimate of drug-likeness (QED) is 0.730. The van der Waals surface area contributed by atoms with Crippen molar-refractivity contribution in [2.75, 3.05) is 6.61 Å². The lowest BCUT2D eigenvalue weighted by atomic mass is 9.46. The number of Topliss-reactive ketones (excluding diaryl/α,β-unsaturated/α-hetero) is 2. The van der Waals surface area contributed by atoms with Gasteiger partial charge in [-0.15, -0.1) is 0 Å². The molecule has 0 aromatic heterocycles. The molecule has 4 aliphatic carbocycles. The number of ketones is 3. The fourth-order valence-corrected chi connectivity index (χ4v) is 6.78. The minimum absolute atomic E-state index is 0.0286.